The first-order chi connectivity index (χ1) is 15.7. The van der Waals surface area contributed by atoms with E-state index >= 15 is 0 Å². The van der Waals surface area contributed by atoms with E-state index < -0.39 is 0 Å². The second-order valence-corrected chi connectivity index (χ2v) is 10.7. The van der Waals surface area contributed by atoms with Gasteiger partial charge in [-0.2, -0.15) is 0 Å². The summed E-state index contributed by atoms with van der Waals surface area (Å²) in [6, 6.07) is 33.1. The highest BCUT2D eigenvalue weighted by molar-refractivity contribution is 5.86. The first-order valence-electron chi connectivity index (χ1n) is 11.9. The zero-order valence-electron chi connectivity index (χ0n) is 20.6. The average molecular weight is 432 g/mol. The van der Waals surface area contributed by atoms with Gasteiger partial charge in [0.25, 0.3) is 0 Å². The van der Waals surface area contributed by atoms with Gasteiger partial charge in [0.05, 0.1) is 0 Å². The smallest absolute Gasteiger partial charge is 0.0448 e. The fourth-order valence-corrected chi connectivity index (χ4v) is 5.71. The fourth-order valence-electron chi connectivity index (χ4n) is 5.71. The minimum atomic E-state index is -0.0795. The van der Waals surface area contributed by atoms with Gasteiger partial charge in [-0.1, -0.05) is 86.6 Å². The second-order valence-electron chi connectivity index (χ2n) is 10.7. The third-order valence-electron chi connectivity index (χ3n) is 7.08. The largest absolute Gasteiger partial charge is 0.336 e. The van der Waals surface area contributed by atoms with Crippen LogP contribution in [0.25, 0.3) is 22.3 Å². The maximum Gasteiger partial charge on any atom is 0.0448 e. The predicted octanol–water partition coefficient (Wildman–Crippen LogP) is 8.90. The Morgan fingerprint density at radius 3 is 2.06 bits per heavy atom. The summed E-state index contributed by atoms with van der Waals surface area (Å²) < 4.78 is 0. The maximum atomic E-state index is 2.51. The molecule has 0 amide bonds. The Labute approximate surface area is 198 Å². The average Bonchev–Trinajstić information content (AvgIpc) is 3.03. The first-order valence-corrected chi connectivity index (χ1v) is 11.9. The Hall–Kier alpha value is -3.32. The minimum Gasteiger partial charge on any atom is -0.336 e. The summed E-state index contributed by atoms with van der Waals surface area (Å²) in [4.78, 5) is 2.51. The molecule has 1 aliphatic rings. The van der Waals surface area contributed by atoms with Gasteiger partial charge < -0.3 is 4.90 Å². The van der Waals surface area contributed by atoms with Crippen molar-refractivity contribution in [3.8, 4) is 22.3 Å². The zero-order chi connectivity index (χ0) is 23.4. The van der Waals surface area contributed by atoms with E-state index in [0.717, 1.165) is 0 Å². The molecule has 1 aliphatic carbocycles. The molecule has 4 aromatic carbocycles. The summed E-state index contributed by atoms with van der Waals surface area (Å²) in [6.45, 7) is 13.9. The summed E-state index contributed by atoms with van der Waals surface area (Å²) in [5, 5.41) is 0. The van der Waals surface area contributed by atoms with Gasteiger partial charge in [0.15, 0.2) is 0 Å². The van der Waals surface area contributed by atoms with Crippen molar-refractivity contribution in [3.63, 3.8) is 0 Å². The van der Waals surface area contributed by atoms with Gasteiger partial charge in [0.2, 0.25) is 0 Å². The zero-order valence-corrected chi connectivity index (χ0v) is 20.6. The van der Waals surface area contributed by atoms with Crippen LogP contribution in [0.1, 0.15) is 51.3 Å². The standard InChI is InChI=1S/C32H33N/c1-22-29(20-19-27-26-17-10-11-18-28(26)32(5,6)30(22)27)33(31(2,3)4)25-16-12-15-24(21-25)23-13-8-7-9-14-23/h7-21H,1-6H3. The predicted molar refractivity (Wildman–Crippen MR) is 143 cm³/mol. The minimum absolute atomic E-state index is 0.0124. The van der Waals surface area contributed by atoms with Crippen molar-refractivity contribution >= 4 is 11.4 Å². The molecule has 33 heavy (non-hydrogen) atoms. The molecule has 0 bridgehead atoms. The summed E-state index contributed by atoms with van der Waals surface area (Å²) in [6.07, 6.45) is 0. The Morgan fingerprint density at radius 2 is 1.33 bits per heavy atom. The third-order valence-corrected chi connectivity index (χ3v) is 7.08. The van der Waals surface area contributed by atoms with E-state index in [9.17, 15) is 0 Å². The summed E-state index contributed by atoms with van der Waals surface area (Å²) >= 11 is 0. The van der Waals surface area contributed by atoms with Crippen LogP contribution in [0.2, 0.25) is 0 Å². The molecule has 0 aliphatic heterocycles. The van der Waals surface area contributed by atoms with Crippen LogP contribution < -0.4 is 4.90 Å². The van der Waals surface area contributed by atoms with Gasteiger partial charge in [-0.3, -0.25) is 0 Å². The number of anilines is 2. The van der Waals surface area contributed by atoms with E-state index in [4.69, 9.17) is 0 Å². The lowest BCUT2D eigenvalue weighted by Gasteiger charge is -2.40. The highest BCUT2D eigenvalue weighted by atomic mass is 15.2. The summed E-state index contributed by atoms with van der Waals surface area (Å²) in [7, 11) is 0. The van der Waals surface area contributed by atoms with Crippen molar-refractivity contribution in [3.05, 3.63) is 108 Å². The van der Waals surface area contributed by atoms with E-state index in [1.54, 1.807) is 0 Å². The number of nitrogens with zero attached hydrogens (tertiary/aromatic N) is 1. The Balaban J connectivity index is 1.69. The van der Waals surface area contributed by atoms with Crippen molar-refractivity contribution in [1.29, 1.82) is 0 Å². The third kappa shape index (κ3) is 3.47. The van der Waals surface area contributed by atoms with Crippen LogP contribution in [-0.2, 0) is 5.41 Å². The van der Waals surface area contributed by atoms with Crippen molar-refractivity contribution in [2.45, 2.75) is 52.5 Å². The normalized spacial score (nSPS) is 14.0. The Bertz CT molecular complexity index is 1320. The molecule has 166 valence electrons. The second kappa shape index (κ2) is 7.63. The molecule has 0 saturated carbocycles. The van der Waals surface area contributed by atoms with Crippen LogP contribution in [0.5, 0.6) is 0 Å². The molecule has 0 N–H and O–H groups in total. The Kier molecular flexibility index (Phi) is 4.97. The van der Waals surface area contributed by atoms with Crippen molar-refractivity contribution in [2.24, 2.45) is 0 Å². The van der Waals surface area contributed by atoms with E-state index in [2.05, 4.69) is 137 Å². The van der Waals surface area contributed by atoms with Gasteiger partial charge in [0.1, 0.15) is 0 Å². The van der Waals surface area contributed by atoms with E-state index in [1.165, 1.54) is 50.3 Å². The fraction of sp³-hybridized carbons (Fsp3) is 0.250. The highest BCUT2D eigenvalue weighted by Gasteiger charge is 2.38. The molecule has 0 unspecified atom stereocenters. The molecule has 1 nitrogen and oxygen atoms in total. The lowest BCUT2D eigenvalue weighted by Crippen LogP contribution is -2.38. The number of rotatable bonds is 3. The van der Waals surface area contributed by atoms with Crippen LogP contribution in [0.15, 0.2) is 91.0 Å². The Morgan fingerprint density at radius 1 is 0.667 bits per heavy atom. The molecule has 0 atom stereocenters. The van der Waals surface area contributed by atoms with Gasteiger partial charge in [-0.25, -0.2) is 0 Å². The van der Waals surface area contributed by atoms with Crippen LogP contribution in [0.4, 0.5) is 11.4 Å². The van der Waals surface area contributed by atoms with E-state index in [0.29, 0.717) is 0 Å². The summed E-state index contributed by atoms with van der Waals surface area (Å²) in [5.74, 6) is 0. The lowest BCUT2D eigenvalue weighted by atomic mass is 9.79. The van der Waals surface area contributed by atoms with Crippen LogP contribution in [0.3, 0.4) is 0 Å². The molecule has 0 aromatic heterocycles. The van der Waals surface area contributed by atoms with E-state index in [1.807, 2.05) is 0 Å². The molecule has 5 rings (SSSR count). The monoisotopic (exact) mass is 431 g/mol. The molecule has 0 saturated heterocycles. The van der Waals surface area contributed by atoms with Crippen molar-refractivity contribution in [1.82, 2.24) is 0 Å². The van der Waals surface area contributed by atoms with Gasteiger partial charge >= 0.3 is 0 Å². The van der Waals surface area contributed by atoms with Gasteiger partial charge in [0, 0.05) is 22.3 Å². The quantitative estimate of drug-likeness (QED) is 0.313. The SMILES string of the molecule is Cc1c(N(c2cccc(-c3ccccc3)c2)C(C)(C)C)ccc2c1C(C)(C)c1ccccc1-2. The van der Waals surface area contributed by atoms with Crippen LogP contribution in [-0.4, -0.2) is 5.54 Å². The first kappa shape index (κ1) is 21.5. The topological polar surface area (TPSA) is 3.24 Å². The number of hydrogen-bond acceptors (Lipinski definition) is 1. The molecule has 4 aromatic rings. The molecular weight excluding hydrogens is 398 g/mol. The molecule has 0 spiro atoms. The van der Waals surface area contributed by atoms with Crippen molar-refractivity contribution < 1.29 is 0 Å². The molecule has 0 heterocycles. The van der Waals surface area contributed by atoms with Crippen LogP contribution in [0, 0.1) is 6.92 Å². The van der Waals surface area contributed by atoms with E-state index in [-0.39, 0.29) is 11.0 Å². The number of hydrogen-bond donors (Lipinski definition) is 0. The summed E-state index contributed by atoms with van der Waals surface area (Å²) in [5.41, 5.74) is 11.9. The number of benzene rings is 4. The molecule has 1 heteroatoms. The van der Waals surface area contributed by atoms with Crippen LogP contribution >= 0.6 is 0 Å². The lowest BCUT2D eigenvalue weighted by molar-refractivity contribution is 0.558. The van der Waals surface area contributed by atoms with Crippen molar-refractivity contribution in [2.75, 3.05) is 4.90 Å². The molecule has 0 fully saturated rings. The number of fused-ring (bicyclic) bond motifs is 3. The molecule has 0 radical (unpaired) electrons. The van der Waals surface area contributed by atoms with Gasteiger partial charge in [-0.15, -0.1) is 0 Å². The highest BCUT2D eigenvalue weighted by Crippen LogP contribution is 2.52. The molecular formula is C32H33N. The van der Waals surface area contributed by atoms with Gasteiger partial charge in [-0.05, 0) is 84.8 Å². The maximum absolute atomic E-state index is 2.51.